The van der Waals surface area contributed by atoms with Crippen LogP contribution in [0.15, 0.2) is 6.20 Å². The van der Waals surface area contributed by atoms with Crippen molar-refractivity contribution in [3.63, 3.8) is 0 Å². The number of nitrogens with one attached hydrogen (secondary N) is 1. The summed E-state index contributed by atoms with van der Waals surface area (Å²) in [6.45, 7) is 4.15. The lowest BCUT2D eigenvalue weighted by Crippen LogP contribution is -2.37. The minimum atomic E-state index is -3.21. The third kappa shape index (κ3) is 2.57. The molecule has 2 heterocycles. The van der Waals surface area contributed by atoms with Crippen molar-refractivity contribution in [1.29, 1.82) is 0 Å². The van der Waals surface area contributed by atoms with Gasteiger partial charge in [-0.05, 0) is 20.3 Å². The first-order valence-electron chi connectivity index (χ1n) is 6.04. The van der Waals surface area contributed by atoms with Crippen LogP contribution in [0.5, 0.6) is 0 Å². The number of sulfonamides is 1. The molecule has 2 atom stereocenters. The van der Waals surface area contributed by atoms with Crippen molar-refractivity contribution in [3.05, 3.63) is 17.5 Å². The Morgan fingerprint density at radius 2 is 2.33 bits per heavy atom. The third-order valence-electron chi connectivity index (χ3n) is 3.38. The molecule has 102 valence electrons. The molecule has 1 aromatic rings. The number of aryl methyl sites for hydroxylation is 1. The first-order chi connectivity index (χ1) is 8.44. The monoisotopic (exact) mass is 273 g/mol. The van der Waals surface area contributed by atoms with E-state index in [4.69, 9.17) is 4.74 Å². The van der Waals surface area contributed by atoms with Crippen LogP contribution in [0.1, 0.15) is 30.7 Å². The minimum absolute atomic E-state index is 0.0856. The predicted molar refractivity (Wildman–Crippen MR) is 67.6 cm³/mol. The normalized spacial score (nSPS) is 24.6. The van der Waals surface area contributed by atoms with E-state index in [-0.39, 0.29) is 17.9 Å². The molecule has 7 heteroatoms. The Bertz CT molecular complexity index is 524. The van der Waals surface area contributed by atoms with Crippen LogP contribution in [0.3, 0.4) is 0 Å². The maximum absolute atomic E-state index is 11.6. The molecule has 0 amide bonds. The summed E-state index contributed by atoms with van der Waals surface area (Å²) >= 11 is 0. The Morgan fingerprint density at radius 1 is 1.61 bits per heavy atom. The van der Waals surface area contributed by atoms with E-state index in [9.17, 15) is 8.42 Å². The van der Waals surface area contributed by atoms with Gasteiger partial charge in [-0.25, -0.2) is 13.1 Å². The summed E-state index contributed by atoms with van der Waals surface area (Å²) in [5, 5.41) is 4.17. The van der Waals surface area contributed by atoms with E-state index in [1.807, 2.05) is 14.0 Å². The van der Waals surface area contributed by atoms with Crippen LogP contribution < -0.4 is 4.72 Å². The number of nitrogens with zero attached hydrogens (tertiary/aromatic N) is 2. The second-order valence-electron chi connectivity index (χ2n) is 4.52. The minimum Gasteiger partial charge on any atom is -0.372 e. The Labute approximate surface area is 107 Å². The topological polar surface area (TPSA) is 73.2 Å². The van der Waals surface area contributed by atoms with Crippen molar-refractivity contribution in [2.75, 3.05) is 12.4 Å². The highest BCUT2D eigenvalue weighted by Crippen LogP contribution is 2.31. The summed E-state index contributed by atoms with van der Waals surface area (Å²) in [6.07, 6.45) is 2.21. The quantitative estimate of drug-likeness (QED) is 0.867. The fourth-order valence-electron chi connectivity index (χ4n) is 2.13. The molecule has 1 fully saturated rings. The largest absolute Gasteiger partial charge is 0.372 e. The van der Waals surface area contributed by atoms with Crippen LogP contribution in [0.25, 0.3) is 0 Å². The van der Waals surface area contributed by atoms with Crippen LogP contribution in [0.4, 0.5) is 0 Å². The maximum Gasteiger partial charge on any atom is 0.211 e. The van der Waals surface area contributed by atoms with Crippen molar-refractivity contribution in [3.8, 4) is 0 Å². The van der Waals surface area contributed by atoms with Crippen LogP contribution in [0, 0.1) is 6.92 Å². The van der Waals surface area contributed by atoms with Crippen LogP contribution in [-0.2, 0) is 21.8 Å². The van der Waals surface area contributed by atoms with Gasteiger partial charge in [0, 0.05) is 24.9 Å². The highest BCUT2D eigenvalue weighted by atomic mass is 32.2. The predicted octanol–water partition coefficient (Wildman–Crippen LogP) is 0.498. The van der Waals surface area contributed by atoms with E-state index in [2.05, 4.69) is 9.82 Å². The zero-order valence-corrected chi connectivity index (χ0v) is 11.7. The van der Waals surface area contributed by atoms with Crippen molar-refractivity contribution in [2.24, 2.45) is 7.05 Å². The Kier molecular flexibility index (Phi) is 3.74. The summed E-state index contributed by atoms with van der Waals surface area (Å²) in [4.78, 5) is 0. The van der Waals surface area contributed by atoms with Gasteiger partial charge in [0.05, 0.1) is 18.0 Å². The summed E-state index contributed by atoms with van der Waals surface area (Å²) in [6, 6.07) is -0.196. The summed E-state index contributed by atoms with van der Waals surface area (Å²) in [5.74, 6) is 0.0856. The highest BCUT2D eigenvalue weighted by molar-refractivity contribution is 7.89. The standard InChI is InChI=1S/C11H19N3O3S/c1-4-18(15,16)13-10-5-6-17-11(10)9-7-12-14(3)8(9)2/h7,10-11,13H,4-6H2,1-3H3/t10-,11+/m0/s1. The molecule has 0 bridgehead atoms. The lowest BCUT2D eigenvalue weighted by Gasteiger charge is -2.19. The molecule has 1 saturated heterocycles. The van der Waals surface area contributed by atoms with Gasteiger partial charge in [0.25, 0.3) is 0 Å². The average Bonchev–Trinajstić information content (AvgIpc) is 2.88. The molecular formula is C11H19N3O3S. The van der Waals surface area contributed by atoms with Gasteiger partial charge >= 0.3 is 0 Å². The van der Waals surface area contributed by atoms with Gasteiger partial charge in [-0.3, -0.25) is 4.68 Å². The van der Waals surface area contributed by atoms with Gasteiger partial charge in [0.2, 0.25) is 10.0 Å². The number of aromatic nitrogens is 2. The number of ether oxygens (including phenoxy) is 1. The van der Waals surface area contributed by atoms with E-state index in [0.717, 1.165) is 11.3 Å². The van der Waals surface area contributed by atoms with Crippen molar-refractivity contribution in [2.45, 2.75) is 32.4 Å². The fourth-order valence-corrected chi connectivity index (χ4v) is 3.00. The summed E-state index contributed by atoms with van der Waals surface area (Å²) in [5.41, 5.74) is 1.96. The van der Waals surface area contributed by atoms with Crippen LogP contribution in [0.2, 0.25) is 0 Å². The molecule has 0 saturated carbocycles. The number of hydrogen-bond donors (Lipinski definition) is 1. The first-order valence-corrected chi connectivity index (χ1v) is 7.70. The molecule has 0 aliphatic carbocycles. The number of rotatable bonds is 4. The van der Waals surface area contributed by atoms with E-state index >= 15 is 0 Å². The molecular weight excluding hydrogens is 254 g/mol. The molecule has 0 unspecified atom stereocenters. The van der Waals surface area contributed by atoms with Crippen molar-refractivity contribution >= 4 is 10.0 Å². The SMILES string of the molecule is CCS(=O)(=O)N[C@H]1CCO[C@@H]1c1cnn(C)c1C. The Morgan fingerprint density at radius 3 is 2.89 bits per heavy atom. The molecule has 1 aromatic heterocycles. The van der Waals surface area contributed by atoms with Gasteiger partial charge in [0.15, 0.2) is 0 Å². The molecule has 1 aliphatic heterocycles. The zero-order chi connectivity index (χ0) is 13.3. The molecule has 18 heavy (non-hydrogen) atoms. The smallest absolute Gasteiger partial charge is 0.211 e. The van der Waals surface area contributed by atoms with E-state index in [1.54, 1.807) is 17.8 Å². The molecule has 0 aromatic carbocycles. The summed E-state index contributed by atoms with van der Waals surface area (Å²) < 4.78 is 33.4. The highest BCUT2D eigenvalue weighted by Gasteiger charge is 2.34. The molecule has 6 nitrogen and oxygen atoms in total. The van der Waals surface area contributed by atoms with E-state index in [1.165, 1.54) is 0 Å². The Balaban J connectivity index is 2.20. The van der Waals surface area contributed by atoms with E-state index < -0.39 is 10.0 Å². The lowest BCUT2D eigenvalue weighted by atomic mass is 10.0. The second kappa shape index (κ2) is 4.99. The summed E-state index contributed by atoms with van der Waals surface area (Å²) in [7, 11) is -1.35. The molecule has 2 rings (SSSR count). The molecule has 1 N–H and O–H groups in total. The molecule has 0 spiro atoms. The number of hydrogen-bond acceptors (Lipinski definition) is 4. The van der Waals surface area contributed by atoms with E-state index in [0.29, 0.717) is 13.0 Å². The van der Waals surface area contributed by atoms with Gasteiger partial charge in [-0.2, -0.15) is 5.10 Å². The third-order valence-corrected chi connectivity index (χ3v) is 4.80. The van der Waals surface area contributed by atoms with Gasteiger partial charge in [-0.1, -0.05) is 0 Å². The van der Waals surface area contributed by atoms with Crippen LogP contribution >= 0.6 is 0 Å². The lowest BCUT2D eigenvalue weighted by molar-refractivity contribution is 0.102. The fraction of sp³-hybridized carbons (Fsp3) is 0.727. The molecule has 0 radical (unpaired) electrons. The van der Waals surface area contributed by atoms with Gasteiger partial charge in [-0.15, -0.1) is 0 Å². The Hall–Kier alpha value is -0.920. The second-order valence-corrected chi connectivity index (χ2v) is 6.56. The van der Waals surface area contributed by atoms with Crippen molar-refractivity contribution < 1.29 is 13.2 Å². The van der Waals surface area contributed by atoms with Crippen molar-refractivity contribution in [1.82, 2.24) is 14.5 Å². The maximum atomic E-state index is 11.6. The average molecular weight is 273 g/mol. The zero-order valence-electron chi connectivity index (χ0n) is 10.9. The first kappa shape index (κ1) is 13.5. The van der Waals surface area contributed by atoms with Crippen LogP contribution in [-0.4, -0.2) is 36.6 Å². The molecule has 1 aliphatic rings. The van der Waals surface area contributed by atoms with Gasteiger partial charge < -0.3 is 4.74 Å². The van der Waals surface area contributed by atoms with Gasteiger partial charge in [0.1, 0.15) is 6.10 Å².